The third-order valence-electron chi connectivity index (χ3n) is 0.850. The van der Waals surface area contributed by atoms with Crippen LogP contribution in [0, 0.1) is 0 Å². The Balaban J connectivity index is 0.000000252. The molecule has 7 heteroatoms. The van der Waals surface area contributed by atoms with Gasteiger partial charge in [-0.25, -0.2) is 0 Å². The smallest absolute Gasteiger partial charge is 0.508 e. The molecule has 13 heavy (non-hydrogen) atoms. The van der Waals surface area contributed by atoms with Gasteiger partial charge in [0, 0.05) is 4.90 Å². The SMILES string of the molecule is F[B-](F)(F)F.Oc1ccc(S)cc1. The molecule has 1 aromatic carbocycles. The number of hydrogen-bond donors (Lipinski definition) is 2. The number of phenolic OH excluding ortho intramolecular Hbond substituents is 1. The van der Waals surface area contributed by atoms with E-state index in [2.05, 4.69) is 12.6 Å². The molecule has 0 saturated carbocycles. The molecule has 0 aliphatic carbocycles. The Labute approximate surface area is 77.9 Å². The van der Waals surface area contributed by atoms with Gasteiger partial charge in [-0.2, -0.15) is 0 Å². The summed E-state index contributed by atoms with van der Waals surface area (Å²) in [5.41, 5.74) is 0. The van der Waals surface area contributed by atoms with Crippen LogP contribution >= 0.6 is 12.6 Å². The van der Waals surface area contributed by atoms with E-state index in [4.69, 9.17) is 5.11 Å². The lowest BCUT2D eigenvalue weighted by Gasteiger charge is -1.94. The van der Waals surface area contributed by atoms with Gasteiger partial charge in [0.1, 0.15) is 5.75 Å². The first kappa shape index (κ1) is 12.2. The Morgan fingerprint density at radius 1 is 1.00 bits per heavy atom. The second-order valence-electron chi connectivity index (χ2n) is 2.01. The van der Waals surface area contributed by atoms with E-state index in [9.17, 15) is 17.3 Å². The van der Waals surface area contributed by atoms with Gasteiger partial charge in [0.05, 0.1) is 0 Å². The Morgan fingerprint density at radius 3 is 1.54 bits per heavy atom. The molecular weight excluding hydrogens is 207 g/mol. The van der Waals surface area contributed by atoms with Crippen molar-refractivity contribution in [3.63, 3.8) is 0 Å². The third-order valence-corrected chi connectivity index (χ3v) is 1.15. The lowest BCUT2D eigenvalue weighted by Crippen LogP contribution is -2.02. The molecule has 0 fully saturated rings. The molecule has 0 bridgehead atoms. The topological polar surface area (TPSA) is 20.2 Å². The van der Waals surface area contributed by atoms with Crippen molar-refractivity contribution in [1.29, 1.82) is 0 Å². The number of aromatic hydroxyl groups is 1. The summed E-state index contributed by atoms with van der Waals surface area (Å²) in [6.07, 6.45) is 0. The normalized spacial score (nSPS) is 10.2. The minimum Gasteiger partial charge on any atom is -0.508 e. The van der Waals surface area contributed by atoms with Gasteiger partial charge in [0.25, 0.3) is 0 Å². The monoisotopic (exact) mass is 213 g/mol. The van der Waals surface area contributed by atoms with E-state index in [1.807, 2.05) is 0 Å². The molecular formula is C6H6BF4OS-. The first-order valence-electron chi connectivity index (χ1n) is 3.14. The second-order valence-corrected chi connectivity index (χ2v) is 2.53. The molecule has 0 amide bonds. The van der Waals surface area contributed by atoms with Crippen LogP contribution in [0.15, 0.2) is 29.2 Å². The lowest BCUT2D eigenvalue weighted by atomic mass is 10.3. The summed E-state index contributed by atoms with van der Waals surface area (Å²) in [4.78, 5) is 0.864. The number of hydrogen-bond acceptors (Lipinski definition) is 2. The van der Waals surface area contributed by atoms with Gasteiger partial charge in [0.2, 0.25) is 0 Å². The molecule has 1 aromatic rings. The van der Waals surface area contributed by atoms with Gasteiger partial charge in [0.15, 0.2) is 0 Å². The minimum atomic E-state index is -6.00. The van der Waals surface area contributed by atoms with Crippen molar-refractivity contribution in [2.45, 2.75) is 4.90 Å². The predicted octanol–water partition coefficient (Wildman–Crippen LogP) is 2.98. The van der Waals surface area contributed by atoms with Crippen LogP contribution in [0.1, 0.15) is 0 Å². The number of phenols is 1. The van der Waals surface area contributed by atoms with Crippen molar-refractivity contribution in [3.8, 4) is 5.75 Å². The highest BCUT2D eigenvalue weighted by atomic mass is 32.1. The summed E-state index contributed by atoms with van der Waals surface area (Å²) in [5, 5.41) is 8.72. The largest absolute Gasteiger partial charge is 0.673 e. The number of benzene rings is 1. The quantitative estimate of drug-likeness (QED) is 0.385. The third kappa shape index (κ3) is 11.2. The molecule has 0 heterocycles. The molecule has 1 nitrogen and oxygen atoms in total. The number of thiol groups is 1. The average Bonchev–Trinajstić information content (AvgIpc) is 1.92. The molecule has 0 aliphatic heterocycles. The highest BCUT2D eigenvalue weighted by Gasteiger charge is 2.20. The van der Waals surface area contributed by atoms with Crippen molar-refractivity contribution in [2.24, 2.45) is 0 Å². The van der Waals surface area contributed by atoms with E-state index in [1.54, 1.807) is 24.3 Å². The fourth-order valence-corrected chi connectivity index (χ4v) is 0.602. The first-order chi connectivity index (χ1) is 5.79. The van der Waals surface area contributed by atoms with Crippen LogP contribution in [-0.2, 0) is 0 Å². The van der Waals surface area contributed by atoms with Gasteiger partial charge >= 0.3 is 7.25 Å². The van der Waals surface area contributed by atoms with E-state index in [0.29, 0.717) is 0 Å². The summed E-state index contributed by atoms with van der Waals surface area (Å²) < 4.78 is 39.0. The van der Waals surface area contributed by atoms with Crippen LogP contribution < -0.4 is 0 Å². The Morgan fingerprint density at radius 2 is 1.31 bits per heavy atom. The number of rotatable bonds is 0. The maximum atomic E-state index is 9.75. The van der Waals surface area contributed by atoms with E-state index in [1.165, 1.54) is 0 Å². The molecule has 0 aromatic heterocycles. The first-order valence-corrected chi connectivity index (χ1v) is 3.59. The van der Waals surface area contributed by atoms with Crippen LogP contribution in [0.2, 0.25) is 0 Å². The van der Waals surface area contributed by atoms with Gasteiger partial charge < -0.3 is 22.4 Å². The average molecular weight is 213 g/mol. The molecule has 1 rings (SSSR count). The zero-order chi connectivity index (χ0) is 10.5. The van der Waals surface area contributed by atoms with Gasteiger partial charge in [-0.3, -0.25) is 0 Å². The molecule has 0 saturated heterocycles. The van der Waals surface area contributed by atoms with Crippen LogP contribution in [0.4, 0.5) is 17.3 Å². The maximum absolute atomic E-state index is 9.75. The van der Waals surface area contributed by atoms with Crippen molar-refractivity contribution in [2.75, 3.05) is 0 Å². The molecule has 0 aliphatic rings. The summed E-state index contributed by atoms with van der Waals surface area (Å²) >= 11 is 4.02. The van der Waals surface area contributed by atoms with Crippen LogP contribution in [0.5, 0.6) is 5.75 Å². The highest BCUT2D eigenvalue weighted by molar-refractivity contribution is 7.80. The predicted molar refractivity (Wildman–Crippen MR) is 45.5 cm³/mol. The lowest BCUT2D eigenvalue weighted by molar-refractivity contribution is 0.368. The molecule has 1 N–H and O–H groups in total. The molecule has 74 valence electrons. The molecule has 0 unspecified atom stereocenters. The fraction of sp³-hybridized carbons (Fsp3) is 0. The summed E-state index contributed by atoms with van der Waals surface area (Å²) in [6.45, 7) is 0. The zero-order valence-electron chi connectivity index (χ0n) is 6.29. The Bertz CT molecular complexity index is 221. The van der Waals surface area contributed by atoms with E-state index >= 15 is 0 Å². The molecule has 0 radical (unpaired) electrons. The van der Waals surface area contributed by atoms with Crippen molar-refractivity contribution in [3.05, 3.63) is 24.3 Å². The van der Waals surface area contributed by atoms with E-state index < -0.39 is 7.25 Å². The van der Waals surface area contributed by atoms with Gasteiger partial charge in [-0.1, -0.05) is 0 Å². The van der Waals surface area contributed by atoms with Crippen molar-refractivity contribution < 1.29 is 22.4 Å². The highest BCUT2D eigenvalue weighted by Crippen LogP contribution is 2.11. The van der Waals surface area contributed by atoms with E-state index in [-0.39, 0.29) is 5.75 Å². The second kappa shape index (κ2) is 5.01. The van der Waals surface area contributed by atoms with Gasteiger partial charge in [-0.15, -0.1) is 12.6 Å². The van der Waals surface area contributed by atoms with Crippen LogP contribution in [-0.4, -0.2) is 12.4 Å². The van der Waals surface area contributed by atoms with E-state index in [0.717, 1.165) is 4.90 Å². The Kier molecular flexibility index (Phi) is 4.68. The summed E-state index contributed by atoms with van der Waals surface area (Å²) in [7, 11) is -6.00. The van der Waals surface area contributed by atoms with Gasteiger partial charge in [-0.05, 0) is 24.3 Å². The summed E-state index contributed by atoms with van der Waals surface area (Å²) in [5.74, 6) is 0.280. The standard InChI is InChI=1S/C6H6OS.BF4/c7-5-1-3-6(8)4-2-5;2-1(3,4)5/h1-4,7-8H;/q;-1. The fourth-order valence-electron chi connectivity index (χ4n) is 0.453. The number of halogens is 4. The molecule has 0 atom stereocenters. The minimum absolute atomic E-state index is 0.280. The maximum Gasteiger partial charge on any atom is 0.673 e. The Hall–Kier alpha value is -0.845. The van der Waals surface area contributed by atoms with Crippen molar-refractivity contribution in [1.82, 2.24) is 0 Å². The van der Waals surface area contributed by atoms with Crippen molar-refractivity contribution >= 4 is 19.9 Å². The zero-order valence-corrected chi connectivity index (χ0v) is 7.19. The van der Waals surface area contributed by atoms with Crippen LogP contribution in [0.3, 0.4) is 0 Å². The summed E-state index contributed by atoms with van der Waals surface area (Å²) in [6, 6.07) is 6.67. The molecule has 0 spiro atoms. The van der Waals surface area contributed by atoms with Crippen LogP contribution in [0.25, 0.3) is 0 Å².